The van der Waals surface area contributed by atoms with Gasteiger partial charge in [-0.25, -0.2) is 0 Å². The smallest absolute Gasteiger partial charge is 0.270 e. The molecule has 2 unspecified atom stereocenters. The largest absolute Gasteiger partial charge is 0.395 e. The Hall–Kier alpha value is -1.60. The Bertz CT molecular complexity index is 503. The molecule has 0 aliphatic heterocycles. The number of aryl methyl sites for hydroxylation is 1. The van der Waals surface area contributed by atoms with E-state index in [2.05, 4.69) is 5.32 Å². The van der Waals surface area contributed by atoms with Gasteiger partial charge in [-0.05, 0) is 31.7 Å². The standard InChI is InChI=1S/C13H18N2O4S/c1-8-4-10(6-11(5-8)15(18)19)13(17)14-9(2)12(7-16)20-3/h4-6,9,12,16H,7H2,1-3H3,(H,14,17). The molecule has 20 heavy (non-hydrogen) atoms. The van der Waals surface area contributed by atoms with Crippen molar-refractivity contribution >= 4 is 23.4 Å². The van der Waals surface area contributed by atoms with Crippen LogP contribution < -0.4 is 5.32 Å². The number of benzene rings is 1. The van der Waals surface area contributed by atoms with Crippen molar-refractivity contribution in [3.05, 3.63) is 39.4 Å². The first-order chi connectivity index (χ1) is 9.38. The maximum atomic E-state index is 12.1. The summed E-state index contributed by atoms with van der Waals surface area (Å²) in [6.45, 7) is 3.45. The van der Waals surface area contributed by atoms with Crippen LogP contribution in [0.25, 0.3) is 0 Å². The lowest BCUT2D eigenvalue weighted by atomic mass is 10.1. The van der Waals surface area contributed by atoms with Crippen LogP contribution in [0.15, 0.2) is 18.2 Å². The van der Waals surface area contributed by atoms with Gasteiger partial charge in [0.05, 0.1) is 11.5 Å². The Balaban J connectivity index is 2.90. The van der Waals surface area contributed by atoms with Gasteiger partial charge in [-0.15, -0.1) is 0 Å². The molecule has 0 saturated heterocycles. The van der Waals surface area contributed by atoms with E-state index in [4.69, 9.17) is 0 Å². The molecule has 0 spiro atoms. The number of aliphatic hydroxyl groups is 1. The van der Waals surface area contributed by atoms with Gasteiger partial charge >= 0.3 is 0 Å². The molecular formula is C13H18N2O4S. The van der Waals surface area contributed by atoms with Gasteiger partial charge in [-0.3, -0.25) is 14.9 Å². The van der Waals surface area contributed by atoms with Crippen LogP contribution in [-0.4, -0.2) is 40.1 Å². The molecule has 0 bridgehead atoms. The number of hydrogen-bond donors (Lipinski definition) is 2. The molecule has 6 nitrogen and oxygen atoms in total. The predicted octanol–water partition coefficient (Wildman–Crippen LogP) is 1.75. The molecule has 1 aromatic rings. The minimum Gasteiger partial charge on any atom is -0.395 e. The van der Waals surface area contributed by atoms with Crippen molar-refractivity contribution in [3.8, 4) is 0 Å². The van der Waals surface area contributed by atoms with Crippen LogP contribution in [0.4, 0.5) is 5.69 Å². The van der Waals surface area contributed by atoms with Gasteiger partial charge in [0.15, 0.2) is 0 Å². The molecule has 2 N–H and O–H groups in total. The summed E-state index contributed by atoms with van der Waals surface area (Å²) in [5.74, 6) is -0.378. The fourth-order valence-electron chi connectivity index (χ4n) is 1.82. The summed E-state index contributed by atoms with van der Waals surface area (Å²) in [6.07, 6.45) is 1.85. The number of nitrogens with one attached hydrogen (secondary N) is 1. The van der Waals surface area contributed by atoms with Crippen molar-refractivity contribution in [3.63, 3.8) is 0 Å². The third kappa shape index (κ3) is 4.21. The van der Waals surface area contributed by atoms with Crippen molar-refractivity contribution < 1.29 is 14.8 Å². The lowest BCUT2D eigenvalue weighted by molar-refractivity contribution is -0.384. The molecule has 7 heteroatoms. The van der Waals surface area contributed by atoms with Gasteiger partial charge in [-0.2, -0.15) is 11.8 Å². The number of hydrogen-bond acceptors (Lipinski definition) is 5. The molecule has 1 rings (SSSR count). The van der Waals surface area contributed by atoms with Gasteiger partial charge in [0.2, 0.25) is 0 Å². The van der Waals surface area contributed by atoms with Crippen LogP contribution in [0.5, 0.6) is 0 Å². The highest BCUT2D eigenvalue weighted by Crippen LogP contribution is 2.17. The van der Waals surface area contributed by atoms with Crippen LogP contribution in [0.1, 0.15) is 22.8 Å². The summed E-state index contributed by atoms with van der Waals surface area (Å²) >= 11 is 1.45. The number of carbonyl (C=O) groups is 1. The van der Waals surface area contributed by atoms with Gasteiger partial charge in [-0.1, -0.05) is 0 Å². The lowest BCUT2D eigenvalue weighted by Gasteiger charge is -2.21. The zero-order chi connectivity index (χ0) is 15.3. The SMILES string of the molecule is CSC(CO)C(C)NC(=O)c1cc(C)cc([N+](=O)[O-])c1. The van der Waals surface area contributed by atoms with Gasteiger partial charge < -0.3 is 10.4 Å². The Labute approximate surface area is 121 Å². The highest BCUT2D eigenvalue weighted by atomic mass is 32.2. The zero-order valence-electron chi connectivity index (χ0n) is 11.6. The highest BCUT2D eigenvalue weighted by molar-refractivity contribution is 7.99. The third-order valence-corrected chi connectivity index (χ3v) is 4.10. The molecule has 0 aliphatic carbocycles. The highest BCUT2D eigenvalue weighted by Gasteiger charge is 2.19. The van der Waals surface area contributed by atoms with Crippen molar-refractivity contribution in [1.82, 2.24) is 5.32 Å². The molecule has 0 aliphatic rings. The van der Waals surface area contributed by atoms with E-state index in [1.54, 1.807) is 19.9 Å². The van der Waals surface area contributed by atoms with E-state index in [1.807, 2.05) is 6.26 Å². The summed E-state index contributed by atoms with van der Waals surface area (Å²) in [4.78, 5) is 22.4. The maximum Gasteiger partial charge on any atom is 0.270 e. The van der Waals surface area contributed by atoms with Crippen LogP contribution >= 0.6 is 11.8 Å². The van der Waals surface area contributed by atoms with Crippen molar-refractivity contribution in [1.29, 1.82) is 0 Å². The molecule has 0 radical (unpaired) electrons. The first-order valence-electron chi connectivity index (χ1n) is 6.09. The molecule has 0 heterocycles. The third-order valence-electron chi connectivity index (χ3n) is 2.93. The van der Waals surface area contributed by atoms with E-state index in [-0.39, 0.29) is 35.1 Å². The van der Waals surface area contributed by atoms with Gasteiger partial charge in [0, 0.05) is 29.0 Å². The number of aliphatic hydroxyl groups excluding tert-OH is 1. The summed E-state index contributed by atoms with van der Waals surface area (Å²) in [5, 5.41) is 22.6. The van der Waals surface area contributed by atoms with E-state index in [1.165, 1.54) is 23.9 Å². The Morgan fingerprint density at radius 3 is 2.65 bits per heavy atom. The summed E-state index contributed by atoms with van der Waals surface area (Å²) in [5.41, 5.74) is 0.799. The first kappa shape index (κ1) is 16.5. The molecule has 1 aromatic carbocycles. The fraction of sp³-hybridized carbons (Fsp3) is 0.462. The van der Waals surface area contributed by atoms with Crippen molar-refractivity contribution in [2.75, 3.05) is 12.9 Å². The Kier molecular flexibility index (Phi) is 5.97. The summed E-state index contributed by atoms with van der Waals surface area (Å²) in [7, 11) is 0. The minimum absolute atomic E-state index is 0.0451. The number of nitro benzene ring substituents is 1. The monoisotopic (exact) mass is 298 g/mol. The lowest BCUT2D eigenvalue weighted by Crippen LogP contribution is -2.41. The van der Waals surface area contributed by atoms with E-state index < -0.39 is 4.92 Å². The van der Waals surface area contributed by atoms with E-state index in [9.17, 15) is 20.0 Å². The van der Waals surface area contributed by atoms with Gasteiger partial charge in [0.1, 0.15) is 0 Å². The summed E-state index contributed by atoms with van der Waals surface area (Å²) < 4.78 is 0. The Morgan fingerprint density at radius 1 is 1.50 bits per heavy atom. The van der Waals surface area contributed by atoms with Crippen molar-refractivity contribution in [2.24, 2.45) is 0 Å². The molecule has 110 valence electrons. The molecule has 0 fully saturated rings. The maximum absolute atomic E-state index is 12.1. The van der Waals surface area contributed by atoms with Crippen LogP contribution in [0, 0.1) is 17.0 Å². The van der Waals surface area contributed by atoms with Crippen molar-refractivity contribution in [2.45, 2.75) is 25.1 Å². The second-order valence-electron chi connectivity index (χ2n) is 4.53. The molecule has 2 atom stereocenters. The van der Waals surface area contributed by atoms with Crippen LogP contribution in [-0.2, 0) is 0 Å². The average molecular weight is 298 g/mol. The fourth-order valence-corrected chi connectivity index (χ4v) is 2.44. The molecule has 0 aromatic heterocycles. The molecule has 0 saturated carbocycles. The number of non-ortho nitro benzene ring substituents is 1. The topological polar surface area (TPSA) is 92.5 Å². The Morgan fingerprint density at radius 2 is 2.15 bits per heavy atom. The number of nitrogens with zero attached hydrogens (tertiary/aromatic N) is 1. The number of rotatable bonds is 6. The molecular weight excluding hydrogens is 280 g/mol. The van der Waals surface area contributed by atoms with Gasteiger partial charge in [0.25, 0.3) is 11.6 Å². The first-order valence-corrected chi connectivity index (χ1v) is 7.38. The van der Waals surface area contributed by atoms with E-state index in [0.717, 1.165) is 0 Å². The van der Waals surface area contributed by atoms with E-state index in [0.29, 0.717) is 5.56 Å². The zero-order valence-corrected chi connectivity index (χ0v) is 12.4. The minimum atomic E-state index is -0.522. The molecule has 1 amide bonds. The summed E-state index contributed by atoms with van der Waals surface area (Å²) in [6, 6.07) is 4.03. The quantitative estimate of drug-likeness (QED) is 0.616. The van der Waals surface area contributed by atoms with Crippen LogP contribution in [0.3, 0.4) is 0 Å². The second kappa shape index (κ2) is 7.25. The van der Waals surface area contributed by atoms with Crippen LogP contribution in [0.2, 0.25) is 0 Å². The number of carbonyl (C=O) groups excluding carboxylic acids is 1. The number of nitro groups is 1. The second-order valence-corrected chi connectivity index (χ2v) is 5.61. The van der Waals surface area contributed by atoms with E-state index >= 15 is 0 Å². The predicted molar refractivity (Wildman–Crippen MR) is 79.2 cm³/mol. The average Bonchev–Trinajstić information content (AvgIpc) is 2.39. The number of thioether (sulfide) groups is 1. The number of amides is 1. The normalized spacial score (nSPS) is 13.6.